The van der Waals surface area contributed by atoms with E-state index in [2.05, 4.69) is 45.7 Å². The number of nitrogens with one attached hydrogen (secondary N) is 1. The van der Waals surface area contributed by atoms with Gasteiger partial charge in [-0.25, -0.2) is 0 Å². The van der Waals surface area contributed by atoms with Crippen molar-refractivity contribution < 1.29 is 19.0 Å². The first kappa shape index (κ1) is 23.7. The van der Waals surface area contributed by atoms with Crippen LogP contribution in [0.25, 0.3) is 0 Å². The van der Waals surface area contributed by atoms with E-state index in [1.54, 1.807) is 25.3 Å². The molecular weight excluding hydrogens is 466 g/mol. The molecule has 0 heterocycles. The third-order valence-electron chi connectivity index (χ3n) is 4.15. The zero-order valence-electron chi connectivity index (χ0n) is 16.5. The summed E-state index contributed by atoms with van der Waals surface area (Å²) in [6.45, 7) is 0.470. The molecule has 2 rings (SSSR count). The Kier molecular flexibility index (Phi) is 9.14. The summed E-state index contributed by atoms with van der Waals surface area (Å²) in [5.41, 5.74) is 1.54. The monoisotopic (exact) mass is 487 g/mol. The van der Waals surface area contributed by atoms with E-state index in [9.17, 15) is 4.79 Å². The zero-order valence-corrected chi connectivity index (χ0v) is 19.0. The Morgan fingerprint density at radius 2 is 1.83 bits per heavy atom. The predicted molar refractivity (Wildman–Crippen MR) is 124 cm³/mol. The van der Waals surface area contributed by atoms with Crippen LogP contribution >= 0.6 is 28.6 Å². The number of carbonyl (C=O) groups excluding carboxylic acids is 1. The van der Waals surface area contributed by atoms with Gasteiger partial charge in [-0.3, -0.25) is 4.79 Å². The van der Waals surface area contributed by atoms with Crippen molar-refractivity contribution in [2.45, 2.75) is 11.4 Å². The normalized spacial score (nSPS) is 12.2. The van der Waals surface area contributed by atoms with Crippen LogP contribution in [0.3, 0.4) is 0 Å². The summed E-state index contributed by atoms with van der Waals surface area (Å²) in [4.78, 5) is 11.4. The van der Waals surface area contributed by atoms with Gasteiger partial charge in [-0.2, -0.15) is 0 Å². The van der Waals surface area contributed by atoms with E-state index >= 15 is 0 Å². The fourth-order valence-electron chi connectivity index (χ4n) is 2.65. The van der Waals surface area contributed by atoms with Crippen LogP contribution < -0.4 is 14.8 Å². The third-order valence-corrected chi connectivity index (χ3v) is 5.27. The average molecular weight is 488 g/mol. The number of terminal acetylenes is 2. The molecule has 2 aromatic carbocycles. The Morgan fingerprint density at radius 1 is 1.13 bits per heavy atom. The molecule has 7 heteroatoms. The second kappa shape index (κ2) is 11.6. The van der Waals surface area contributed by atoms with E-state index in [1.165, 1.54) is 0 Å². The van der Waals surface area contributed by atoms with Crippen LogP contribution in [0, 0.1) is 24.7 Å². The molecule has 0 saturated heterocycles. The molecule has 0 fully saturated rings. The molecule has 0 radical (unpaired) electrons. The number of methoxy groups -OCH3 is 1. The van der Waals surface area contributed by atoms with Gasteiger partial charge in [-0.15, -0.1) is 25.5 Å². The van der Waals surface area contributed by atoms with Crippen molar-refractivity contribution in [3.63, 3.8) is 0 Å². The van der Waals surface area contributed by atoms with E-state index in [0.29, 0.717) is 30.0 Å². The maximum Gasteiger partial charge on any atom is 0.267 e. The summed E-state index contributed by atoms with van der Waals surface area (Å²) in [5, 5.41) is 2.86. The molecule has 1 atom stereocenters. The van der Waals surface area contributed by atoms with Crippen LogP contribution in [0.2, 0.25) is 0 Å². The molecule has 30 heavy (non-hydrogen) atoms. The lowest BCUT2D eigenvalue weighted by Crippen LogP contribution is -2.43. The molecule has 0 aliphatic carbocycles. The van der Waals surface area contributed by atoms with E-state index in [4.69, 9.17) is 27.1 Å². The van der Waals surface area contributed by atoms with Gasteiger partial charge in [0, 0.05) is 16.6 Å². The number of benzene rings is 2. The number of hydrogen-bond donors (Lipinski definition) is 2. The standard InChI is InChI=1S/C23H22BrNO4S/c1-4-14-28-20-11-6-17(16-21(20)27-3)12-13-25-22(26)23(30,29-15-5-2)18-7-9-19(24)10-8-18/h1-2,6-11,16,30H,12-15H2,3H3,(H,25,26). The van der Waals surface area contributed by atoms with Gasteiger partial charge in [0.2, 0.25) is 4.93 Å². The predicted octanol–water partition coefficient (Wildman–Crippen LogP) is 3.56. The molecule has 1 N–H and O–H groups in total. The summed E-state index contributed by atoms with van der Waals surface area (Å²) in [6, 6.07) is 12.6. The number of halogens is 1. The topological polar surface area (TPSA) is 56.8 Å². The van der Waals surface area contributed by atoms with Crippen LogP contribution in [-0.2, 0) is 20.9 Å². The van der Waals surface area contributed by atoms with E-state index in [0.717, 1.165) is 10.0 Å². The van der Waals surface area contributed by atoms with Gasteiger partial charge in [0.1, 0.15) is 13.2 Å². The average Bonchev–Trinajstić information content (AvgIpc) is 2.76. The van der Waals surface area contributed by atoms with Crippen molar-refractivity contribution in [3.05, 3.63) is 58.1 Å². The zero-order chi connectivity index (χ0) is 22.0. The number of hydrogen-bond acceptors (Lipinski definition) is 5. The van der Waals surface area contributed by atoms with Crippen molar-refractivity contribution in [2.75, 3.05) is 26.9 Å². The minimum Gasteiger partial charge on any atom is -0.493 e. The maximum absolute atomic E-state index is 12.9. The molecule has 5 nitrogen and oxygen atoms in total. The van der Waals surface area contributed by atoms with Crippen molar-refractivity contribution in [3.8, 4) is 36.2 Å². The van der Waals surface area contributed by atoms with Crippen molar-refractivity contribution in [2.24, 2.45) is 0 Å². The molecule has 1 amide bonds. The minimum absolute atomic E-state index is 0.0523. The summed E-state index contributed by atoms with van der Waals surface area (Å²) < 4.78 is 17.3. The van der Waals surface area contributed by atoms with Crippen LogP contribution in [0.5, 0.6) is 11.5 Å². The van der Waals surface area contributed by atoms with E-state index in [-0.39, 0.29) is 13.2 Å². The SMILES string of the molecule is C#CCOc1ccc(CCNC(=O)C(S)(OCC#C)c2ccc(Br)cc2)cc1OC. The van der Waals surface area contributed by atoms with Crippen molar-refractivity contribution in [1.82, 2.24) is 5.32 Å². The summed E-state index contributed by atoms with van der Waals surface area (Å²) >= 11 is 7.88. The number of thiol groups is 1. The van der Waals surface area contributed by atoms with Gasteiger partial charge in [0.25, 0.3) is 5.91 Å². The molecule has 0 saturated carbocycles. The Hall–Kier alpha value is -2.58. The lowest BCUT2D eigenvalue weighted by atomic mass is 10.1. The molecular formula is C23H22BrNO4S. The van der Waals surface area contributed by atoms with Gasteiger partial charge < -0.3 is 19.5 Å². The number of rotatable bonds is 10. The largest absolute Gasteiger partial charge is 0.493 e. The molecule has 0 spiro atoms. The summed E-state index contributed by atoms with van der Waals surface area (Å²) in [6.07, 6.45) is 11.1. The highest BCUT2D eigenvalue weighted by Gasteiger charge is 2.37. The quantitative estimate of drug-likeness (QED) is 0.305. The van der Waals surface area contributed by atoms with Crippen LogP contribution in [-0.4, -0.2) is 32.8 Å². The number of carbonyl (C=O) groups is 1. The molecule has 0 aliphatic heterocycles. The lowest BCUT2D eigenvalue weighted by Gasteiger charge is -2.27. The van der Waals surface area contributed by atoms with Crippen molar-refractivity contribution >= 4 is 34.5 Å². The van der Waals surface area contributed by atoms with Gasteiger partial charge in [-0.05, 0) is 36.2 Å². The molecule has 0 aliphatic rings. The Balaban J connectivity index is 2.06. The highest BCUT2D eigenvalue weighted by molar-refractivity contribution is 9.10. The molecule has 1 unspecified atom stereocenters. The smallest absolute Gasteiger partial charge is 0.267 e. The number of amides is 1. The lowest BCUT2D eigenvalue weighted by molar-refractivity contribution is -0.135. The first-order valence-corrected chi connectivity index (χ1v) is 10.3. The Bertz CT molecular complexity index is 949. The van der Waals surface area contributed by atoms with Crippen LogP contribution in [0.1, 0.15) is 11.1 Å². The van der Waals surface area contributed by atoms with Gasteiger partial charge in [0.15, 0.2) is 11.5 Å². The fourth-order valence-corrected chi connectivity index (χ4v) is 3.21. The maximum atomic E-state index is 12.9. The van der Waals surface area contributed by atoms with Gasteiger partial charge in [0.05, 0.1) is 7.11 Å². The minimum atomic E-state index is -1.50. The first-order chi connectivity index (χ1) is 14.4. The van der Waals surface area contributed by atoms with Crippen molar-refractivity contribution in [1.29, 1.82) is 0 Å². The Morgan fingerprint density at radius 3 is 2.47 bits per heavy atom. The van der Waals surface area contributed by atoms with E-state index < -0.39 is 10.8 Å². The molecule has 0 bridgehead atoms. The fraction of sp³-hybridized carbons (Fsp3) is 0.261. The van der Waals surface area contributed by atoms with E-state index in [1.807, 2.05) is 24.3 Å². The summed E-state index contributed by atoms with van der Waals surface area (Å²) in [7, 11) is 1.56. The molecule has 156 valence electrons. The third kappa shape index (κ3) is 6.21. The van der Waals surface area contributed by atoms with Crippen LogP contribution in [0.15, 0.2) is 46.9 Å². The highest BCUT2D eigenvalue weighted by atomic mass is 79.9. The van der Waals surface area contributed by atoms with Gasteiger partial charge in [-0.1, -0.05) is 46.0 Å². The Labute approximate surface area is 191 Å². The van der Waals surface area contributed by atoms with Gasteiger partial charge >= 0.3 is 0 Å². The molecule has 2 aromatic rings. The highest BCUT2D eigenvalue weighted by Crippen LogP contribution is 2.32. The second-order valence-electron chi connectivity index (χ2n) is 6.13. The number of ether oxygens (including phenoxy) is 3. The molecule has 0 aromatic heterocycles. The first-order valence-electron chi connectivity index (χ1n) is 9.02. The van der Waals surface area contributed by atoms with Crippen LogP contribution in [0.4, 0.5) is 0 Å². The summed E-state index contributed by atoms with van der Waals surface area (Å²) in [5.74, 6) is 5.53. The second-order valence-corrected chi connectivity index (χ2v) is 7.67.